The zero-order valence-corrected chi connectivity index (χ0v) is 12.0. The first-order valence-electron chi connectivity index (χ1n) is 7.30. The van der Waals surface area contributed by atoms with E-state index in [1.54, 1.807) is 13.0 Å². The topological polar surface area (TPSA) is 49.4 Å². The lowest BCUT2D eigenvalue weighted by atomic mass is 10.1. The second-order valence-electron chi connectivity index (χ2n) is 5.20. The molecule has 0 spiro atoms. The van der Waals surface area contributed by atoms with E-state index >= 15 is 0 Å². The first-order valence-corrected chi connectivity index (χ1v) is 7.30. The molecule has 0 saturated heterocycles. The van der Waals surface area contributed by atoms with Gasteiger partial charge >= 0.3 is 0 Å². The van der Waals surface area contributed by atoms with Gasteiger partial charge in [0.15, 0.2) is 0 Å². The molecule has 0 aliphatic heterocycles. The van der Waals surface area contributed by atoms with Crippen LogP contribution >= 0.6 is 0 Å². The molecular formula is C15H26N2O2. The van der Waals surface area contributed by atoms with Gasteiger partial charge in [0.2, 0.25) is 11.8 Å². The van der Waals surface area contributed by atoms with Crippen LogP contribution in [-0.4, -0.2) is 35.8 Å². The van der Waals surface area contributed by atoms with Gasteiger partial charge in [0.05, 0.1) is 0 Å². The highest BCUT2D eigenvalue weighted by Gasteiger charge is 2.22. The van der Waals surface area contributed by atoms with Gasteiger partial charge in [-0.3, -0.25) is 9.59 Å². The second-order valence-corrected chi connectivity index (χ2v) is 5.20. The average Bonchev–Trinajstić information content (AvgIpc) is 2.65. The van der Waals surface area contributed by atoms with Crippen molar-refractivity contribution in [2.75, 3.05) is 13.1 Å². The Morgan fingerprint density at radius 2 is 1.89 bits per heavy atom. The average molecular weight is 266 g/mol. The predicted octanol–water partition coefficient (Wildman–Crippen LogP) is 2.25. The molecule has 1 aliphatic rings. The lowest BCUT2D eigenvalue weighted by Gasteiger charge is -2.30. The largest absolute Gasteiger partial charge is 0.353 e. The van der Waals surface area contributed by atoms with Gasteiger partial charge in [-0.25, -0.2) is 0 Å². The quantitative estimate of drug-likeness (QED) is 0.592. The second kappa shape index (κ2) is 8.73. The van der Waals surface area contributed by atoms with Crippen LogP contribution < -0.4 is 5.32 Å². The highest BCUT2D eigenvalue weighted by Crippen LogP contribution is 2.22. The number of rotatable bonds is 6. The van der Waals surface area contributed by atoms with Crippen molar-refractivity contribution >= 4 is 11.8 Å². The highest BCUT2D eigenvalue weighted by molar-refractivity contribution is 5.78. The van der Waals surface area contributed by atoms with Crippen molar-refractivity contribution < 1.29 is 9.59 Å². The zero-order chi connectivity index (χ0) is 14.1. The standard InChI is InChI=1S/C15H26N2O2/c1-3-11-16-15(19)10-12-17(13(2)18)14-8-6-4-5-7-9-14/h3,14H,1,4-12H2,2H3,(H,16,19). The van der Waals surface area contributed by atoms with Gasteiger partial charge in [0.25, 0.3) is 0 Å². The number of carbonyl (C=O) groups excluding carboxylic acids is 2. The summed E-state index contributed by atoms with van der Waals surface area (Å²) in [6.45, 7) is 6.18. The number of nitrogens with zero attached hydrogens (tertiary/aromatic N) is 1. The molecule has 0 radical (unpaired) electrons. The van der Waals surface area contributed by atoms with Gasteiger partial charge in [0, 0.05) is 32.5 Å². The van der Waals surface area contributed by atoms with Crippen LogP contribution in [0.4, 0.5) is 0 Å². The van der Waals surface area contributed by atoms with Gasteiger partial charge in [0.1, 0.15) is 0 Å². The third-order valence-corrected chi connectivity index (χ3v) is 3.69. The maximum Gasteiger partial charge on any atom is 0.222 e. The van der Waals surface area contributed by atoms with E-state index in [4.69, 9.17) is 0 Å². The van der Waals surface area contributed by atoms with Crippen LogP contribution in [0, 0.1) is 0 Å². The number of carbonyl (C=O) groups is 2. The minimum absolute atomic E-state index is 0.0141. The molecule has 0 atom stereocenters. The Morgan fingerprint density at radius 1 is 1.26 bits per heavy atom. The van der Waals surface area contributed by atoms with Crippen LogP contribution in [0.3, 0.4) is 0 Å². The van der Waals surface area contributed by atoms with Crippen LogP contribution in [0.25, 0.3) is 0 Å². The van der Waals surface area contributed by atoms with Gasteiger partial charge in [-0.15, -0.1) is 6.58 Å². The van der Waals surface area contributed by atoms with Crippen LogP contribution in [0.5, 0.6) is 0 Å². The summed E-state index contributed by atoms with van der Waals surface area (Å²) < 4.78 is 0. The molecule has 1 aliphatic carbocycles. The SMILES string of the molecule is C=CCNC(=O)CCN(C(C)=O)C1CCCCCC1. The molecule has 19 heavy (non-hydrogen) atoms. The van der Waals surface area contributed by atoms with Crippen molar-refractivity contribution in [1.29, 1.82) is 0 Å². The van der Waals surface area contributed by atoms with E-state index in [0.717, 1.165) is 12.8 Å². The number of amides is 2. The van der Waals surface area contributed by atoms with Crippen LogP contribution in [0.2, 0.25) is 0 Å². The summed E-state index contributed by atoms with van der Waals surface area (Å²) in [7, 11) is 0. The molecular weight excluding hydrogens is 240 g/mol. The Balaban J connectivity index is 2.45. The first kappa shape index (κ1) is 15.7. The van der Waals surface area contributed by atoms with E-state index in [1.165, 1.54) is 25.7 Å². The Morgan fingerprint density at radius 3 is 2.42 bits per heavy atom. The van der Waals surface area contributed by atoms with E-state index in [1.807, 2.05) is 4.90 Å². The monoisotopic (exact) mass is 266 g/mol. The molecule has 2 amide bonds. The minimum Gasteiger partial charge on any atom is -0.353 e. The zero-order valence-electron chi connectivity index (χ0n) is 12.0. The van der Waals surface area contributed by atoms with Gasteiger partial charge in [-0.05, 0) is 12.8 Å². The molecule has 1 rings (SSSR count). The third-order valence-electron chi connectivity index (χ3n) is 3.69. The predicted molar refractivity (Wildman–Crippen MR) is 76.7 cm³/mol. The molecule has 0 heterocycles. The summed E-state index contributed by atoms with van der Waals surface area (Å²) in [4.78, 5) is 25.2. The van der Waals surface area contributed by atoms with Crippen LogP contribution in [0.15, 0.2) is 12.7 Å². The Labute approximate surface area is 116 Å². The van der Waals surface area contributed by atoms with E-state index in [0.29, 0.717) is 25.6 Å². The smallest absolute Gasteiger partial charge is 0.222 e. The fraction of sp³-hybridized carbons (Fsp3) is 0.733. The van der Waals surface area contributed by atoms with Crippen molar-refractivity contribution in [2.45, 2.75) is 57.9 Å². The Kier molecular flexibility index (Phi) is 7.23. The number of nitrogens with one attached hydrogen (secondary N) is 1. The summed E-state index contributed by atoms with van der Waals surface area (Å²) in [5, 5.41) is 2.75. The van der Waals surface area contributed by atoms with E-state index in [-0.39, 0.29) is 11.8 Å². The summed E-state index contributed by atoms with van der Waals surface area (Å²) in [6, 6.07) is 0.326. The van der Waals surface area contributed by atoms with Gasteiger partial charge < -0.3 is 10.2 Å². The van der Waals surface area contributed by atoms with Crippen molar-refractivity contribution in [2.24, 2.45) is 0 Å². The molecule has 4 nitrogen and oxygen atoms in total. The normalized spacial score (nSPS) is 16.5. The summed E-state index contributed by atoms with van der Waals surface area (Å²) in [5.74, 6) is 0.0724. The van der Waals surface area contributed by atoms with Crippen molar-refractivity contribution in [3.05, 3.63) is 12.7 Å². The molecule has 1 saturated carbocycles. The molecule has 4 heteroatoms. The summed E-state index contributed by atoms with van der Waals surface area (Å²) >= 11 is 0. The first-order chi connectivity index (χ1) is 9.15. The Bertz CT molecular complexity index is 307. The molecule has 1 N–H and O–H groups in total. The lowest BCUT2D eigenvalue weighted by molar-refractivity contribution is -0.132. The Hall–Kier alpha value is -1.32. The summed E-state index contributed by atoms with van der Waals surface area (Å²) in [5.41, 5.74) is 0. The number of hydrogen-bond donors (Lipinski definition) is 1. The fourth-order valence-corrected chi connectivity index (χ4v) is 2.66. The van der Waals surface area contributed by atoms with E-state index in [2.05, 4.69) is 11.9 Å². The maximum absolute atomic E-state index is 11.8. The third kappa shape index (κ3) is 5.90. The number of hydrogen-bond acceptors (Lipinski definition) is 2. The molecule has 0 aromatic heterocycles. The molecule has 1 fully saturated rings. The van der Waals surface area contributed by atoms with E-state index < -0.39 is 0 Å². The highest BCUT2D eigenvalue weighted by atomic mass is 16.2. The maximum atomic E-state index is 11.8. The molecule has 0 aromatic carbocycles. The van der Waals surface area contributed by atoms with Gasteiger partial charge in [-0.2, -0.15) is 0 Å². The molecule has 0 bridgehead atoms. The van der Waals surface area contributed by atoms with Crippen LogP contribution in [-0.2, 0) is 9.59 Å². The lowest BCUT2D eigenvalue weighted by Crippen LogP contribution is -2.41. The molecule has 0 unspecified atom stereocenters. The minimum atomic E-state index is -0.0141. The summed E-state index contributed by atoms with van der Waals surface area (Å²) in [6.07, 6.45) is 9.11. The van der Waals surface area contributed by atoms with Gasteiger partial charge in [-0.1, -0.05) is 31.8 Å². The van der Waals surface area contributed by atoms with E-state index in [9.17, 15) is 9.59 Å². The van der Waals surface area contributed by atoms with Crippen LogP contribution in [0.1, 0.15) is 51.9 Å². The molecule has 0 aromatic rings. The van der Waals surface area contributed by atoms with Crippen molar-refractivity contribution in [3.8, 4) is 0 Å². The van der Waals surface area contributed by atoms with Crippen molar-refractivity contribution in [1.82, 2.24) is 10.2 Å². The molecule has 108 valence electrons. The van der Waals surface area contributed by atoms with Crippen molar-refractivity contribution in [3.63, 3.8) is 0 Å². The fourth-order valence-electron chi connectivity index (χ4n) is 2.66.